The maximum Gasteiger partial charge on any atom is 0.391 e. The van der Waals surface area contributed by atoms with Crippen molar-refractivity contribution in [2.24, 2.45) is 5.92 Å². The highest BCUT2D eigenvalue weighted by atomic mass is 32.2. The number of alkyl halides is 3. The van der Waals surface area contributed by atoms with E-state index < -0.39 is 46.4 Å². The van der Waals surface area contributed by atoms with Crippen LogP contribution in [0.1, 0.15) is 71.2 Å². The molecule has 1 saturated carbocycles. The van der Waals surface area contributed by atoms with Crippen LogP contribution in [0.3, 0.4) is 0 Å². The second-order valence-electron chi connectivity index (χ2n) is 10.5. The summed E-state index contributed by atoms with van der Waals surface area (Å²) in [5, 5.41) is 12.7. The fraction of sp³-hybridized carbons (Fsp3) is 0.464. The number of aromatic nitrogens is 2. The van der Waals surface area contributed by atoms with Crippen molar-refractivity contribution in [3.05, 3.63) is 59.4 Å². The molecule has 13 heteroatoms. The van der Waals surface area contributed by atoms with E-state index in [0.717, 1.165) is 12.8 Å². The lowest BCUT2D eigenvalue weighted by Gasteiger charge is -2.32. The standard InChI is InChI=1S/C28H31F3N4O5S/c1-2-41(39,40)21-8-3-17(4-9-21)23(16-36)33-26(37)18-5-10-24-22(15-18)32-25(35(24)20-6-7-20)27(38)34-13-11-19(12-14-34)28(29,30)31/h3-5,8-10,15,19-20,23,36H,2,6-7,11-14,16H2,1H3,(H,33,37). The number of likely N-dealkylation sites (tertiary alicyclic amines) is 1. The summed E-state index contributed by atoms with van der Waals surface area (Å²) in [6, 6.07) is 10.0. The highest BCUT2D eigenvalue weighted by Crippen LogP contribution is 2.40. The number of piperidine rings is 1. The predicted molar refractivity (Wildman–Crippen MR) is 144 cm³/mol. The van der Waals surface area contributed by atoms with Gasteiger partial charge in [-0.2, -0.15) is 13.2 Å². The molecule has 1 unspecified atom stereocenters. The van der Waals surface area contributed by atoms with Crippen LogP contribution in [-0.2, 0) is 9.84 Å². The number of rotatable bonds is 8. The number of halogens is 3. The topological polar surface area (TPSA) is 122 Å². The Kier molecular flexibility index (Phi) is 7.86. The number of nitrogens with zero attached hydrogens (tertiary/aromatic N) is 3. The van der Waals surface area contributed by atoms with Crippen LogP contribution in [0.15, 0.2) is 47.4 Å². The number of aliphatic hydroxyl groups excluding tert-OH is 1. The van der Waals surface area contributed by atoms with Crippen molar-refractivity contribution in [2.45, 2.75) is 55.8 Å². The third-order valence-electron chi connectivity index (χ3n) is 7.81. The summed E-state index contributed by atoms with van der Waals surface area (Å²) < 4.78 is 65.3. The van der Waals surface area contributed by atoms with Gasteiger partial charge in [-0.1, -0.05) is 19.1 Å². The first-order valence-electron chi connectivity index (χ1n) is 13.6. The molecule has 1 aliphatic carbocycles. The second kappa shape index (κ2) is 11.1. The summed E-state index contributed by atoms with van der Waals surface area (Å²) in [5.74, 6) is -2.23. The molecule has 9 nitrogen and oxygen atoms in total. The zero-order valence-electron chi connectivity index (χ0n) is 22.4. The smallest absolute Gasteiger partial charge is 0.391 e. The maximum atomic E-state index is 13.4. The van der Waals surface area contributed by atoms with Gasteiger partial charge >= 0.3 is 6.18 Å². The molecule has 5 rings (SSSR count). The highest BCUT2D eigenvalue weighted by Gasteiger charge is 2.42. The number of benzene rings is 2. The second-order valence-corrected chi connectivity index (χ2v) is 12.8. The number of fused-ring (bicyclic) bond motifs is 1. The number of hydrogen-bond acceptors (Lipinski definition) is 6. The average molecular weight is 593 g/mol. The summed E-state index contributed by atoms with van der Waals surface area (Å²) in [4.78, 5) is 32.6. The molecule has 1 aliphatic heterocycles. The zero-order chi connectivity index (χ0) is 29.5. The monoisotopic (exact) mass is 592 g/mol. The van der Waals surface area contributed by atoms with Gasteiger partial charge in [0.2, 0.25) is 5.82 Å². The van der Waals surface area contributed by atoms with Gasteiger partial charge in [-0.05, 0) is 61.6 Å². The van der Waals surface area contributed by atoms with Gasteiger partial charge < -0.3 is 19.9 Å². The number of amides is 2. The first kappa shape index (κ1) is 29.1. The summed E-state index contributed by atoms with van der Waals surface area (Å²) >= 11 is 0. The fourth-order valence-corrected chi connectivity index (χ4v) is 6.08. The summed E-state index contributed by atoms with van der Waals surface area (Å²) in [5.41, 5.74) is 1.83. The summed E-state index contributed by atoms with van der Waals surface area (Å²) in [7, 11) is -3.39. The third-order valence-corrected chi connectivity index (χ3v) is 9.56. The quantitative estimate of drug-likeness (QED) is 0.407. The van der Waals surface area contributed by atoms with Crippen LogP contribution in [0.2, 0.25) is 0 Å². The first-order chi connectivity index (χ1) is 19.4. The van der Waals surface area contributed by atoms with Crippen molar-refractivity contribution in [2.75, 3.05) is 25.4 Å². The van der Waals surface area contributed by atoms with Crippen LogP contribution >= 0.6 is 0 Å². The average Bonchev–Trinajstić information content (AvgIpc) is 3.74. The van der Waals surface area contributed by atoms with Gasteiger partial charge in [0.25, 0.3) is 11.8 Å². The largest absolute Gasteiger partial charge is 0.394 e. The van der Waals surface area contributed by atoms with Gasteiger partial charge in [-0.25, -0.2) is 13.4 Å². The maximum absolute atomic E-state index is 13.4. The minimum Gasteiger partial charge on any atom is -0.394 e. The molecule has 0 spiro atoms. The lowest BCUT2D eigenvalue weighted by molar-refractivity contribution is -0.183. The molecule has 0 radical (unpaired) electrons. The lowest BCUT2D eigenvalue weighted by Crippen LogP contribution is -2.42. The molecule has 2 aliphatic rings. The van der Waals surface area contributed by atoms with E-state index in [2.05, 4.69) is 10.3 Å². The van der Waals surface area contributed by atoms with Crippen LogP contribution in [0.5, 0.6) is 0 Å². The van der Waals surface area contributed by atoms with E-state index in [1.807, 2.05) is 4.57 Å². The van der Waals surface area contributed by atoms with E-state index in [4.69, 9.17) is 0 Å². The van der Waals surface area contributed by atoms with Gasteiger partial charge in [0.05, 0.1) is 40.2 Å². The minimum absolute atomic E-state index is 0.00155. The van der Waals surface area contributed by atoms with Gasteiger partial charge in [-0.3, -0.25) is 9.59 Å². The van der Waals surface area contributed by atoms with Crippen molar-refractivity contribution in [3.63, 3.8) is 0 Å². The van der Waals surface area contributed by atoms with Crippen LogP contribution in [0.25, 0.3) is 11.0 Å². The Hall–Kier alpha value is -3.45. The molecular formula is C28H31F3N4O5S. The number of sulfone groups is 1. The van der Waals surface area contributed by atoms with Crippen molar-refractivity contribution >= 4 is 32.7 Å². The summed E-state index contributed by atoms with van der Waals surface area (Å²) in [6.45, 7) is 1.12. The van der Waals surface area contributed by atoms with E-state index in [1.165, 1.54) is 17.0 Å². The van der Waals surface area contributed by atoms with E-state index in [0.29, 0.717) is 16.6 Å². The van der Waals surface area contributed by atoms with E-state index in [9.17, 15) is 36.3 Å². The molecular weight excluding hydrogens is 561 g/mol. The number of carbonyl (C=O) groups excluding carboxylic acids is 2. The molecule has 3 aromatic rings. The highest BCUT2D eigenvalue weighted by molar-refractivity contribution is 7.91. The Balaban J connectivity index is 1.35. The van der Waals surface area contributed by atoms with Gasteiger partial charge in [0.15, 0.2) is 9.84 Å². The van der Waals surface area contributed by atoms with Gasteiger partial charge in [0, 0.05) is 24.7 Å². The molecule has 2 amide bonds. The zero-order valence-corrected chi connectivity index (χ0v) is 23.2. The molecule has 220 valence electrons. The Morgan fingerprint density at radius 1 is 1.07 bits per heavy atom. The van der Waals surface area contributed by atoms with E-state index >= 15 is 0 Å². The van der Waals surface area contributed by atoms with Crippen molar-refractivity contribution in [3.8, 4) is 0 Å². The SMILES string of the molecule is CCS(=O)(=O)c1ccc(C(CO)NC(=O)c2ccc3c(c2)nc(C(=O)N2CCC(C(F)(F)F)CC2)n3C2CC2)cc1. The number of imidazole rings is 1. The third kappa shape index (κ3) is 5.96. The van der Waals surface area contributed by atoms with E-state index in [-0.39, 0.29) is 54.0 Å². The predicted octanol–water partition coefficient (Wildman–Crippen LogP) is 4.04. The van der Waals surface area contributed by atoms with Crippen molar-refractivity contribution in [1.29, 1.82) is 0 Å². The van der Waals surface area contributed by atoms with Gasteiger partial charge in [0.1, 0.15) is 0 Å². The van der Waals surface area contributed by atoms with Crippen LogP contribution in [0, 0.1) is 5.92 Å². The molecule has 41 heavy (non-hydrogen) atoms. The Bertz CT molecular complexity index is 1560. The number of aliphatic hydroxyl groups is 1. The molecule has 1 aromatic heterocycles. The molecule has 1 atom stereocenters. The molecule has 2 heterocycles. The minimum atomic E-state index is -4.28. The summed E-state index contributed by atoms with van der Waals surface area (Å²) in [6.07, 6.45) is -2.87. The first-order valence-corrected chi connectivity index (χ1v) is 15.2. The number of nitrogens with one attached hydrogen (secondary N) is 1. The Labute approximate surface area is 235 Å². The van der Waals surface area contributed by atoms with Crippen molar-refractivity contribution in [1.82, 2.24) is 19.8 Å². The lowest BCUT2D eigenvalue weighted by atomic mass is 9.96. The van der Waals surface area contributed by atoms with Crippen molar-refractivity contribution < 1.29 is 36.3 Å². The van der Waals surface area contributed by atoms with Gasteiger partial charge in [-0.15, -0.1) is 0 Å². The molecule has 0 bridgehead atoms. The number of carbonyl (C=O) groups is 2. The number of hydrogen-bond donors (Lipinski definition) is 2. The van der Waals surface area contributed by atoms with E-state index in [1.54, 1.807) is 37.3 Å². The molecule has 1 saturated heterocycles. The normalized spacial score (nSPS) is 17.5. The molecule has 2 fully saturated rings. The fourth-order valence-electron chi connectivity index (χ4n) is 5.19. The Morgan fingerprint density at radius 3 is 2.29 bits per heavy atom. The van der Waals surface area contributed by atoms with Crippen LogP contribution < -0.4 is 5.32 Å². The Morgan fingerprint density at radius 2 is 1.73 bits per heavy atom. The van der Waals surface area contributed by atoms with Crippen LogP contribution in [-0.4, -0.2) is 71.4 Å². The molecule has 2 N–H and O–H groups in total. The molecule has 2 aromatic carbocycles. The van der Waals surface area contributed by atoms with Crippen LogP contribution in [0.4, 0.5) is 13.2 Å².